The summed E-state index contributed by atoms with van der Waals surface area (Å²) >= 11 is 0. The monoisotopic (exact) mass is 196 g/mol. The molecule has 3 aliphatic carbocycles. The lowest BCUT2D eigenvalue weighted by Crippen LogP contribution is -2.36. The normalized spacial score (nSPS) is 59.1. The number of rotatable bonds is 0. The van der Waals surface area contributed by atoms with Crippen LogP contribution in [0.25, 0.3) is 0 Å². The van der Waals surface area contributed by atoms with E-state index >= 15 is 0 Å². The minimum atomic E-state index is -0.281. The first-order valence-corrected chi connectivity index (χ1v) is 5.89. The Balaban J connectivity index is 1.98. The van der Waals surface area contributed by atoms with Crippen LogP contribution in [0.1, 0.15) is 33.1 Å². The molecule has 2 bridgehead atoms. The van der Waals surface area contributed by atoms with Crippen LogP contribution >= 0.6 is 0 Å². The van der Waals surface area contributed by atoms with Crippen LogP contribution in [0.4, 0.5) is 0 Å². The molecule has 2 nitrogen and oxygen atoms in total. The SMILES string of the molecule is CC1(C)[C@H](O)[C@@H]2[C@H]3CC[C@@H](C3)[C@@H]2[C@H]1O. The second kappa shape index (κ2) is 2.53. The predicted molar refractivity (Wildman–Crippen MR) is 53.6 cm³/mol. The summed E-state index contributed by atoms with van der Waals surface area (Å²) in [5.74, 6) is 2.21. The van der Waals surface area contributed by atoms with Gasteiger partial charge < -0.3 is 10.2 Å². The zero-order valence-corrected chi connectivity index (χ0v) is 8.98. The van der Waals surface area contributed by atoms with Gasteiger partial charge in [0, 0.05) is 5.41 Å². The maximum Gasteiger partial charge on any atom is 0.0650 e. The molecule has 0 aromatic rings. The van der Waals surface area contributed by atoms with E-state index in [1.165, 1.54) is 19.3 Å². The standard InChI is InChI=1S/C12H20O2/c1-12(2)10(13)8-6-3-4-7(5-6)9(8)11(12)14/h6-11,13-14H,3-5H2,1-2H3/t6-,7-,8-,9+,10+,11+/m0/s1. The van der Waals surface area contributed by atoms with Gasteiger partial charge in [0.05, 0.1) is 12.2 Å². The van der Waals surface area contributed by atoms with Gasteiger partial charge in [0.1, 0.15) is 0 Å². The minimum Gasteiger partial charge on any atom is -0.392 e. The lowest BCUT2D eigenvalue weighted by Gasteiger charge is -2.29. The van der Waals surface area contributed by atoms with E-state index in [-0.39, 0.29) is 17.6 Å². The molecule has 80 valence electrons. The molecule has 3 saturated carbocycles. The Labute approximate surface area is 85.3 Å². The van der Waals surface area contributed by atoms with Gasteiger partial charge >= 0.3 is 0 Å². The van der Waals surface area contributed by atoms with Crippen LogP contribution in [-0.4, -0.2) is 22.4 Å². The van der Waals surface area contributed by atoms with Gasteiger partial charge in [-0.1, -0.05) is 13.8 Å². The van der Waals surface area contributed by atoms with Crippen LogP contribution in [0, 0.1) is 29.1 Å². The summed E-state index contributed by atoms with van der Waals surface area (Å²) in [6.45, 7) is 4.03. The highest BCUT2D eigenvalue weighted by atomic mass is 16.3. The highest BCUT2D eigenvalue weighted by molar-refractivity contribution is 5.12. The largest absolute Gasteiger partial charge is 0.392 e. The van der Waals surface area contributed by atoms with Crippen LogP contribution in [0.5, 0.6) is 0 Å². The van der Waals surface area contributed by atoms with Crippen molar-refractivity contribution in [3.05, 3.63) is 0 Å². The van der Waals surface area contributed by atoms with E-state index in [2.05, 4.69) is 0 Å². The van der Waals surface area contributed by atoms with E-state index in [1.807, 2.05) is 13.8 Å². The Morgan fingerprint density at radius 1 is 0.929 bits per heavy atom. The molecule has 2 heteroatoms. The van der Waals surface area contributed by atoms with Crippen molar-refractivity contribution in [2.45, 2.75) is 45.3 Å². The van der Waals surface area contributed by atoms with E-state index in [4.69, 9.17) is 0 Å². The van der Waals surface area contributed by atoms with E-state index in [9.17, 15) is 10.2 Å². The van der Waals surface area contributed by atoms with Gasteiger partial charge in [-0.25, -0.2) is 0 Å². The maximum absolute atomic E-state index is 10.3. The molecule has 0 heterocycles. The first kappa shape index (κ1) is 9.17. The molecular formula is C12H20O2. The quantitative estimate of drug-likeness (QED) is 0.615. The van der Waals surface area contributed by atoms with Crippen LogP contribution in [0.2, 0.25) is 0 Å². The molecule has 0 unspecified atom stereocenters. The molecule has 0 amide bonds. The summed E-state index contributed by atoms with van der Waals surface area (Å²) in [6.07, 6.45) is 3.27. The number of fused-ring (bicyclic) bond motifs is 5. The highest BCUT2D eigenvalue weighted by Gasteiger charge is 2.63. The third-order valence-electron chi connectivity index (χ3n) is 5.30. The van der Waals surface area contributed by atoms with Crippen molar-refractivity contribution in [2.24, 2.45) is 29.1 Å². The second-order valence-corrected chi connectivity index (χ2v) is 6.20. The average molecular weight is 196 g/mol. The van der Waals surface area contributed by atoms with Crippen LogP contribution in [0.15, 0.2) is 0 Å². The number of hydrogen-bond donors (Lipinski definition) is 2. The number of aliphatic hydroxyl groups is 2. The molecule has 14 heavy (non-hydrogen) atoms. The third-order valence-corrected chi connectivity index (χ3v) is 5.30. The number of aliphatic hydroxyl groups excluding tert-OH is 2. The molecule has 0 aromatic carbocycles. The van der Waals surface area contributed by atoms with Crippen LogP contribution < -0.4 is 0 Å². The number of hydrogen-bond acceptors (Lipinski definition) is 2. The average Bonchev–Trinajstić information content (AvgIpc) is 2.76. The van der Waals surface area contributed by atoms with Gasteiger partial charge in [-0.2, -0.15) is 0 Å². The summed E-state index contributed by atoms with van der Waals surface area (Å²) in [6, 6.07) is 0. The lowest BCUT2D eigenvalue weighted by molar-refractivity contribution is -0.0204. The van der Waals surface area contributed by atoms with Gasteiger partial charge in [0.2, 0.25) is 0 Å². The zero-order valence-electron chi connectivity index (χ0n) is 8.98. The Morgan fingerprint density at radius 2 is 1.36 bits per heavy atom. The Kier molecular flexibility index (Phi) is 1.66. The predicted octanol–water partition coefficient (Wildman–Crippen LogP) is 1.41. The molecule has 3 aliphatic rings. The summed E-state index contributed by atoms with van der Waals surface area (Å²) in [5.41, 5.74) is -0.281. The molecule has 0 spiro atoms. The van der Waals surface area contributed by atoms with Crippen molar-refractivity contribution in [2.75, 3.05) is 0 Å². The molecule has 0 saturated heterocycles. The van der Waals surface area contributed by atoms with Crippen LogP contribution in [0.3, 0.4) is 0 Å². The molecule has 0 radical (unpaired) electrons. The molecule has 0 aliphatic heterocycles. The van der Waals surface area contributed by atoms with E-state index in [0.717, 1.165) is 0 Å². The second-order valence-electron chi connectivity index (χ2n) is 6.20. The third kappa shape index (κ3) is 0.849. The fourth-order valence-electron chi connectivity index (χ4n) is 4.48. The first-order valence-electron chi connectivity index (χ1n) is 5.89. The molecule has 2 N–H and O–H groups in total. The minimum absolute atomic E-state index is 0.280. The van der Waals surface area contributed by atoms with Gasteiger partial charge in [-0.15, -0.1) is 0 Å². The Bertz CT molecular complexity index is 237. The van der Waals surface area contributed by atoms with Crippen LogP contribution in [-0.2, 0) is 0 Å². The molecule has 3 fully saturated rings. The first-order chi connectivity index (χ1) is 6.53. The summed E-state index contributed by atoms with van der Waals surface area (Å²) in [4.78, 5) is 0. The van der Waals surface area contributed by atoms with Crippen molar-refractivity contribution >= 4 is 0 Å². The van der Waals surface area contributed by atoms with E-state index in [0.29, 0.717) is 23.7 Å². The fourth-order valence-corrected chi connectivity index (χ4v) is 4.48. The van der Waals surface area contributed by atoms with Gasteiger partial charge in [-0.3, -0.25) is 0 Å². The van der Waals surface area contributed by atoms with Crippen molar-refractivity contribution in [1.82, 2.24) is 0 Å². The molecule has 6 atom stereocenters. The summed E-state index contributed by atoms with van der Waals surface area (Å²) < 4.78 is 0. The summed E-state index contributed by atoms with van der Waals surface area (Å²) in [5, 5.41) is 20.5. The zero-order chi connectivity index (χ0) is 10.1. The van der Waals surface area contributed by atoms with Crippen molar-refractivity contribution in [3.8, 4) is 0 Å². The maximum atomic E-state index is 10.3. The Hall–Kier alpha value is -0.0800. The van der Waals surface area contributed by atoms with Gasteiger partial charge in [0.25, 0.3) is 0 Å². The van der Waals surface area contributed by atoms with Crippen molar-refractivity contribution in [3.63, 3.8) is 0 Å². The van der Waals surface area contributed by atoms with Gasteiger partial charge in [0.15, 0.2) is 0 Å². The van der Waals surface area contributed by atoms with E-state index < -0.39 is 0 Å². The fraction of sp³-hybridized carbons (Fsp3) is 1.00. The molecule has 0 aromatic heterocycles. The van der Waals surface area contributed by atoms with Crippen molar-refractivity contribution in [1.29, 1.82) is 0 Å². The Morgan fingerprint density at radius 3 is 1.79 bits per heavy atom. The molecule has 3 rings (SSSR count). The molecular weight excluding hydrogens is 176 g/mol. The van der Waals surface area contributed by atoms with Gasteiger partial charge in [-0.05, 0) is 42.9 Å². The van der Waals surface area contributed by atoms with E-state index in [1.54, 1.807) is 0 Å². The van der Waals surface area contributed by atoms with Crippen molar-refractivity contribution < 1.29 is 10.2 Å². The summed E-state index contributed by atoms with van der Waals surface area (Å²) in [7, 11) is 0. The topological polar surface area (TPSA) is 40.5 Å². The highest BCUT2D eigenvalue weighted by Crippen LogP contribution is 2.62. The lowest BCUT2D eigenvalue weighted by atomic mass is 9.80. The smallest absolute Gasteiger partial charge is 0.0650 e.